The van der Waals surface area contributed by atoms with Gasteiger partial charge in [0, 0.05) is 11.4 Å². The van der Waals surface area contributed by atoms with Gasteiger partial charge in [0.05, 0.1) is 6.42 Å². The SMILES string of the molecule is O=C(Cc1ccccc1)Nc1ccc(NC(=O)c2c(F)c(F)c(F)c(F)c2F)cc1. The van der Waals surface area contributed by atoms with Crippen molar-refractivity contribution in [2.45, 2.75) is 6.42 Å². The van der Waals surface area contributed by atoms with Gasteiger partial charge in [-0.25, -0.2) is 22.0 Å². The Kier molecular flexibility index (Phi) is 6.10. The lowest BCUT2D eigenvalue weighted by Crippen LogP contribution is -2.19. The second-order valence-electron chi connectivity index (χ2n) is 6.19. The van der Waals surface area contributed by atoms with Crippen LogP contribution in [0.5, 0.6) is 0 Å². The Morgan fingerprint density at radius 3 is 1.63 bits per heavy atom. The Morgan fingerprint density at radius 1 is 0.633 bits per heavy atom. The summed E-state index contributed by atoms with van der Waals surface area (Å²) < 4.78 is 67.0. The number of rotatable bonds is 5. The van der Waals surface area contributed by atoms with Crippen molar-refractivity contribution in [2.24, 2.45) is 0 Å². The van der Waals surface area contributed by atoms with Gasteiger partial charge in [0.25, 0.3) is 5.91 Å². The summed E-state index contributed by atoms with van der Waals surface area (Å²) in [6.45, 7) is 0. The first-order chi connectivity index (χ1) is 14.3. The Bertz CT molecular complexity index is 1070. The van der Waals surface area contributed by atoms with Crippen molar-refractivity contribution in [1.29, 1.82) is 0 Å². The number of anilines is 2. The van der Waals surface area contributed by atoms with Gasteiger partial charge in [-0.3, -0.25) is 9.59 Å². The van der Waals surface area contributed by atoms with Crippen LogP contribution in [0.3, 0.4) is 0 Å². The summed E-state index contributed by atoms with van der Waals surface area (Å²) in [7, 11) is 0. The first-order valence-electron chi connectivity index (χ1n) is 8.54. The standard InChI is InChI=1S/C21H13F5N2O2/c22-16-15(17(23)19(25)20(26)18(16)24)21(30)28-13-8-6-12(7-9-13)27-14(29)10-11-4-2-1-3-5-11/h1-9H,10H2,(H,27,29)(H,28,30). The van der Waals surface area contributed by atoms with E-state index in [-0.39, 0.29) is 18.0 Å². The second kappa shape index (κ2) is 8.73. The topological polar surface area (TPSA) is 58.2 Å². The average Bonchev–Trinajstić information content (AvgIpc) is 2.73. The summed E-state index contributed by atoms with van der Waals surface area (Å²) in [4.78, 5) is 24.1. The van der Waals surface area contributed by atoms with Crippen LogP contribution in [-0.2, 0) is 11.2 Å². The van der Waals surface area contributed by atoms with E-state index in [0.717, 1.165) is 5.56 Å². The molecule has 4 nitrogen and oxygen atoms in total. The molecule has 0 heterocycles. The van der Waals surface area contributed by atoms with Crippen molar-refractivity contribution >= 4 is 23.2 Å². The molecule has 0 bridgehead atoms. The predicted octanol–water partition coefficient (Wildman–Crippen LogP) is 4.82. The molecule has 3 aromatic rings. The zero-order valence-corrected chi connectivity index (χ0v) is 15.1. The Labute approximate surface area is 167 Å². The van der Waals surface area contributed by atoms with Gasteiger partial charge in [-0.1, -0.05) is 30.3 Å². The lowest BCUT2D eigenvalue weighted by Gasteiger charge is -2.10. The molecule has 0 unspecified atom stereocenters. The first-order valence-corrected chi connectivity index (χ1v) is 8.54. The van der Waals surface area contributed by atoms with E-state index in [9.17, 15) is 31.5 Å². The van der Waals surface area contributed by atoms with Crippen LogP contribution in [0.2, 0.25) is 0 Å². The summed E-state index contributed by atoms with van der Waals surface area (Å²) in [6.07, 6.45) is 0.138. The molecular weight excluding hydrogens is 407 g/mol. The Hall–Kier alpha value is -3.75. The summed E-state index contributed by atoms with van der Waals surface area (Å²) in [6, 6.07) is 14.4. The average molecular weight is 420 g/mol. The van der Waals surface area contributed by atoms with Gasteiger partial charge in [0.2, 0.25) is 11.7 Å². The van der Waals surface area contributed by atoms with E-state index in [1.165, 1.54) is 24.3 Å². The largest absolute Gasteiger partial charge is 0.326 e. The third kappa shape index (κ3) is 4.45. The summed E-state index contributed by atoms with van der Waals surface area (Å²) in [5, 5.41) is 4.68. The molecule has 3 aromatic carbocycles. The molecule has 0 aromatic heterocycles. The lowest BCUT2D eigenvalue weighted by molar-refractivity contribution is -0.115. The van der Waals surface area contributed by atoms with E-state index in [2.05, 4.69) is 5.32 Å². The minimum atomic E-state index is -2.35. The molecule has 2 amide bonds. The number of carbonyl (C=O) groups is 2. The molecule has 0 aliphatic heterocycles. The van der Waals surface area contributed by atoms with Crippen LogP contribution >= 0.6 is 0 Å². The van der Waals surface area contributed by atoms with Crippen LogP contribution in [0.1, 0.15) is 15.9 Å². The fraction of sp³-hybridized carbons (Fsp3) is 0.0476. The van der Waals surface area contributed by atoms with Crippen LogP contribution in [0.15, 0.2) is 54.6 Å². The van der Waals surface area contributed by atoms with Crippen LogP contribution in [0.4, 0.5) is 33.3 Å². The zero-order chi connectivity index (χ0) is 21.8. The molecule has 0 saturated carbocycles. The van der Waals surface area contributed by atoms with Crippen molar-refractivity contribution < 1.29 is 31.5 Å². The number of benzene rings is 3. The van der Waals surface area contributed by atoms with Gasteiger partial charge in [-0.05, 0) is 29.8 Å². The maximum atomic E-state index is 13.7. The number of halogens is 5. The molecule has 0 spiro atoms. The molecule has 0 saturated heterocycles. The Morgan fingerprint density at radius 2 is 1.10 bits per heavy atom. The highest BCUT2D eigenvalue weighted by Gasteiger charge is 2.29. The summed E-state index contributed by atoms with van der Waals surface area (Å²) in [5.41, 5.74) is -0.386. The van der Waals surface area contributed by atoms with Gasteiger partial charge < -0.3 is 10.6 Å². The number of hydrogen-bond donors (Lipinski definition) is 2. The monoisotopic (exact) mass is 420 g/mol. The van der Waals surface area contributed by atoms with Crippen molar-refractivity contribution in [3.05, 3.63) is 94.8 Å². The molecule has 9 heteroatoms. The number of carbonyl (C=O) groups excluding carboxylic acids is 2. The second-order valence-corrected chi connectivity index (χ2v) is 6.19. The van der Waals surface area contributed by atoms with E-state index in [1.807, 2.05) is 11.4 Å². The highest BCUT2D eigenvalue weighted by Crippen LogP contribution is 2.24. The fourth-order valence-electron chi connectivity index (χ4n) is 2.62. The molecule has 3 rings (SSSR count). The van der Waals surface area contributed by atoms with Gasteiger partial charge in [-0.15, -0.1) is 0 Å². The molecule has 30 heavy (non-hydrogen) atoms. The van der Waals surface area contributed by atoms with Crippen molar-refractivity contribution in [2.75, 3.05) is 10.6 Å². The van der Waals surface area contributed by atoms with Crippen molar-refractivity contribution in [3.8, 4) is 0 Å². The quantitative estimate of drug-likeness (QED) is 0.353. The third-order valence-electron chi connectivity index (χ3n) is 4.07. The summed E-state index contributed by atoms with van der Waals surface area (Å²) in [5.74, 6) is -13.0. The fourth-order valence-corrected chi connectivity index (χ4v) is 2.62. The highest BCUT2D eigenvalue weighted by atomic mass is 19.2. The van der Waals surface area contributed by atoms with Gasteiger partial charge >= 0.3 is 0 Å². The van der Waals surface area contributed by atoms with E-state index in [0.29, 0.717) is 5.69 Å². The van der Waals surface area contributed by atoms with Gasteiger partial charge in [0.15, 0.2) is 23.3 Å². The van der Waals surface area contributed by atoms with E-state index >= 15 is 0 Å². The minimum Gasteiger partial charge on any atom is -0.326 e. The van der Waals surface area contributed by atoms with E-state index in [4.69, 9.17) is 0 Å². The van der Waals surface area contributed by atoms with Crippen LogP contribution < -0.4 is 10.6 Å². The molecular formula is C21H13F5N2O2. The molecule has 0 aliphatic carbocycles. The third-order valence-corrected chi connectivity index (χ3v) is 4.07. The number of hydrogen-bond acceptors (Lipinski definition) is 2. The molecule has 0 atom stereocenters. The minimum absolute atomic E-state index is 0.0185. The molecule has 0 fully saturated rings. The van der Waals surface area contributed by atoms with Crippen molar-refractivity contribution in [3.63, 3.8) is 0 Å². The molecule has 2 N–H and O–H groups in total. The smallest absolute Gasteiger partial charge is 0.261 e. The maximum Gasteiger partial charge on any atom is 0.261 e. The number of amides is 2. The Balaban J connectivity index is 1.69. The highest BCUT2D eigenvalue weighted by molar-refractivity contribution is 6.05. The predicted molar refractivity (Wildman–Crippen MR) is 99.4 cm³/mol. The zero-order valence-electron chi connectivity index (χ0n) is 15.1. The van der Waals surface area contributed by atoms with Gasteiger partial charge in [-0.2, -0.15) is 0 Å². The van der Waals surface area contributed by atoms with Gasteiger partial charge in [0.1, 0.15) is 5.56 Å². The normalized spacial score (nSPS) is 10.6. The molecule has 0 aliphatic rings. The lowest BCUT2D eigenvalue weighted by atomic mass is 10.1. The molecule has 0 radical (unpaired) electrons. The van der Waals surface area contributed by atoms with Crippen LogP contribution in [0.25, 0.3) is 0 Å². The van der Waals surface area contributed by atoms with Crippen LogP contribution in [0, 0.1) is 29.1 Å². The molecule has 154 valence electrons. The van der Waals surface area contributed by atoms with Crippen LogP contribution in [-0.4, -0.2) is 11.8 Å². The van der Waals surface area contributed by atoms with E-state index < -0.39 is 40.6 Å². The summed E-state index contributed by atoms with van der Waals surface area (Å²) >= 11 is 0. The number of nitrogens with one attached hydrogen (secondary N) is 2. The van der Waals surface area contributed by atoms with Crippen molar-refractivity contribution in [1.82, 2.24) is 0 Å². The first kappa shape index (κ1) is 21.0. The maximum absolute atomic E-state index is 13.7. The van der Waals surface area contributed by atoms with E-state index in [1.54, 1.807) is 24.3 Å².